The number of aromatic nitrogens is 1. The minimum absolute atomic E-state index is 0.700. The number of H-pyrrole nitrogens is 1. The number of aromatic amines is 1. The van der Waals surface area contributed by atoms with Crippen LogP contribution in [-0.2, 0) is 0 Å². The van der Waals surface area contributed by atoms with Crippen LogP contribution in [0.5, 0.6) is 0 Å². The lowest BCUT2D eigenvalue weighted by molar-refractivity contribution is 0.0446. The third kappa shape index (κ3) is 1.14. The van der Waals surface area contributed by atoms with Gasteiger partial charge in [0, 0.05) is 16.5 Å². The molecule has 2 aromatic rings. The first-order valence-corrected chi connectivity index (χ1v) is 4.92. The third-order valence-electron chi connectivity index (χ3n) is 2.86. The molecule has 1 heterocycles. The second kappa shape index (κ2) is 2.95. The van der Waals surface area contributed by atoms with Gasteiger partial charge in [-0.2, -0.15) is 0 Å². The summed E-state index contributed by atoms with van der Waals surface area (Å²) >= 11 is 0. The summed E-state index contributed by atoms with van der Waals surface area (Å²) in [5, 5.41) is 20.4. The summed E-state index contributed by atoms with van der Waals surface area (Å²) in [6.45, 7) is 0. The fourth-order valence-corrected chi connectivity index (χ4v) is 2.07. The molecule has 76 valence electrons. The van der Waals surface area contributed by atoms with Gasteiger partial charge in [0.05, 0.1) is 5.69 Å². The summed E-state index contributed by atoms with van der Waals surface area (Å²) in [5.74, 6) is 0. The highest BCUT2D eigenvalue weighted by atomic mass is 16.3. The van der Waals surface area contributed by atoms with E-state index in [4.69, 9.17) is 0 Å². The average molecular weight is 201 g/mol. The minimum Gasteiger partial charge on any atom is -0.386 e. The Balaban J connectivity index is 2.33. The molecule has 2 atom stereocenters. The molecule has 15 heavy (non-hydrogen) atoms. The highest BCUT2D eigenvalue weighted by Gasteiger charge is 2.25. The fraction of sp³-hybridized carbons (Fsp3) is 0.167. The Hall–Kier alpha value is -1.58. The highest BCUT2D eigenvalue weighted by Crippen LogP contribution is 2.33. The summed E-state index contributed by atoms with van der Waals surface area (Å²) in [5.41, 5.74) is 2.66. The van der Waals surface area contributed by atoms with Crippen molar-refractivity contribution >= 4 is 17.0 Å². The molecule has 0 fully saturated rings. The summed E-state index contributed by atoms with van der Waals surface area (Å²) in [7, 11) is 0. The van der Waals surface area contributed by atoms with Gasteiger partial charge in [-0.25, -0.2) is 0 Å². The monoisotopic (exact) mass is 201 g/mol. The number of para-hydroxylation sites is 1. The van der Waals surface area contributed by atoms with Crippen LogP contribution in [0, 0.1) is 0 Å². The zero-order valence-corrected chi connectivity index (χ0v) is 8.01. The van der Waals surface area contributed by atoms with Crippen molar-refractivity contribution in [3.8, 4) is 0 Å². The molecular formula is C12H11NO2. The van der Waals surface area contributed by atoms with Gasteiger partial charge in [-0.15, -0.1) is 0 Å². The summed E-state index contributed by atoms with van der Waals surface area (Å²) in [6, 6.07) is 7.86. The van der Waals surface area contributed by atoms with Crippen molar-refractivity contribution in [1.29, 1.82) is 0 Å². The maximum Gasteiger partial charge on any atom is 0.124 e. The molecule has 1 aromatic heterocycles. The van der Waals surface area contributed by atoms with Gasteiger partial charge in [0.15, 0.2) is 0 Å². The topological polar surface area (TPSA) is 56.2 Å². The van der Waals surface area contributed by atoms with E-state index in [9.17, 15) is 10.2 Å². The molecule has 1 aromatic carbocycles. The Labute approximate surface area is 86.7 Å². The van der Waals surface area contributed by atoms with E-state index >= 15 is 0 Å². The first-order chi connectivity index (χ1) is 7.27. The summed E-state index contributed by atoms with van der Waals surface area (Å²) in [4.78, 5) is 3.13. The molecule has 0 saturated carbocycles. The van der Waals surface area contributed by atoms with Gasteiger partial charge in [0.25, 0.3) is 0 Å². The van der Waals surface area contributed by atoms with Crippen LogP contribution in [0.25, 0.3) is 17.0 Å². The SMILES string of the molecule is O[C@@H]1c2[nH]c3ccccc3c2C=C[C@@H]1O. The second-order valence-electron chi connectivity index (χ2n) is 3.79. The predicted molar refractivity (Wildman–Crippen MR) is 58.3 cm³/mol. The molecule has 3 rings (SSSR count). The Bertz CT molecular complexity index is 542. The third-order valence-corrected chi connectivity index (χ3v) is 2.86. The molecule has 3 N–H and O–H groups in total. The number of nitrogens with one attached hydrogen (secondary N) is 1. The van der Waals surface area contributed by atoms with Crippen molar-refractivity contribution in [2.75, 3.05) is 0 Å². The van der Waals surface area contributed by atoms with Crippen LogP contribution < -0.4 is 0 Å². The number of benzene rings is 1. The molecule has 1 aliphatic carbocycles. The Morgan fingerprint density at radius 1 is 1.13 bits per heavy atom. The van der Waals surface area contributed by atoms with E-state index < -0.39 is 12.2 Å². The molecule has 0 aliphatic heterocycles. The largest absolute Gasteiger partial charge is 0.386 e. The summed E-state index contributed by atoms with van der Waals surface area (Å²) in [6.07, 6.45) is 1.81. The first kappa shape index (κ1) is 8.71. The maximum atomic E-state index is 9.80. The average Bonchev–Trinajstić information content (AvgIpc) is 2.63. The molecule has 3 heteroatoms. The number of rotatable bonds is 0. The summed E-state index contributed by atoms with van der Waals surface area (Å²) < 4.78 is 0. The molecule has 1 aliphatic rings. The molecule has 0 bridgehead atoms. The fourth-order valence-electron chi connectivity index (χ4n) is 2.07. The molecule has 0 amide bonds. The lowest BCUT2D eigenvalue weighted by atomic mass is 9.98. The first-order valence-electron chi connectivity index (χ1n) is 4.92. The Morgan fingerprint density at radius 3 is 2.80 bits per heavy atom. The van der Waals surface area contributed by atoms with E-state index in [1.807, 2.05) is 30.3 Å². The van der Waals surface area contributed by atoms with Crippen molar-refractivity contribution in [3.05, 3.63) is 41.6 Å². The highest BCUT2D eigenvalue weighted by molar-refractivity contribution is 5.91. The van der Waals surface area contributed by atoms with Gasteiger partial charge in [0.1, 0.15) is 12.2 Å². The van der Waals surface area contributed by atoms with Crippen LogP contribution in [-0.4, -0.2) is 21.3 Å². The van der Waals surface area contributed by atoms with Crippen molar-refractivity contribution in [2.45, 2.75) is 12.2 Å². The molecule has 0 spiro atoms. The van der Waals surface area contributed by atoms with Gasteiger partial charge in [0.2, 0.25) is 0 Å². The molecule has 0 saturated heterocycles. The van der Waals surface area contributed by atoms with Crippen LogP contribution in [0.4, 0.5) is 0 Å². The maximum absolute atomic E-state index is 9.80. The zero-order chi connectivity index (χ0) is 10.4. The normalized spacial score (nSPS) is 24.4. The molecule has 0 radical (unpaired) electrons. The Morgan fingerprint density at radius 2 is 1.93 bits per heavy atom. The van der Waals surface area contributed by atoms with Gasteiger partial charge in [-0.05, 0) is 6.07 Å². The number of hydrogen-bond acceptors (Lipinski definition) is 2. The van der Waals surface area contributed by atoms with Crippen molar-refractivity contribution in [1.82, 2.24) is 4.98 Å². The molecular weight excluding hydrogens is 190 g/mol. The van der Waals surface area contributed by atoms with Gasteiger partial charge < -0.3 is 15.2 Å². The number of hydrogen-bond donors (Lipinski definition) is 3. The van der Waals surface area contributed by atoms with E-state index in [1.165, 1.54) is 0 Å². The van der Waals surface area contributed by atoms with E-state index in [-0.39, 0.29) is 0 Å². The molecule has 3 nitrogen and oxygen atoms in total. The van der Waals surface area contributed by atoms with Crippen molar-refractivity contribution in [3.63, 3.8) is 0 Å². The van der Waals surface area contributed by atoms with Crippen LogP contribution in [0.3, 0.4) is 0 Å². The van der Waals surface area contributed by atoms with E-state index in [0.29, 0.717) is 5.69 Å². The lowest BCUT2D eigenvalue weighted by Crippen LogP contribution is -2.19. The van der Waals surface area contributed by atoms with Gasteiger partial charge in [-0.1, -0.05) is 30.4 Å². The van der Waals surface area contributed by atoms with E-state index in [0.717, 1.165) is 16.5 Å². The zero-order valence-electron chi connectivity index (χ0n) is 8.01. The van der Waals surface area contributed by atoms with Crippen LogP contribution >= 0.6 is 0 Å². The number of aliphatic hydroxyl groups excluding tert-OH is 2. The minimum atomic E-state index is -0.850. The van der Waals surface area contributed by atoms with Crippen LogP contribution in [0.2, 0.25) is 0 Å². The van der Waals surface area contributed by atoms with E-state index in [2.05, 4.69) is 4.98 Å². The van der Waals surface area contributed by atoms with E-state index in [1.54, 1.807) is 6.08 Å². The lowest BCUT2D eigenvalue weighted by Gasteiger charge is -2.18. The van der Waals surface area contributed by atoms with Gasteiger partial charge >= 0.3 is 0 Å². The molecule has 0 unspecified atom stereocenters. The number of fused-ring (bicyclic) bond motifs is 3. The van der Waals surface area contributed by atoms with Crippen LogP contribution in [0.1, 0.15) is 17.4 Å². The van der Waals surface area contributed by atoms with Crippen molar-refractivity contribution in [2.24, 2.45) is 0 Å². The predicted octanol–water partition coefficient (Wildman–Crippen LogP) is 1.59. The standard InChI is InChI=1S/C12H11NO2/c14-10-6-5-8-7-3-1-2-4-9(7)13-11(8)12(10)15/h1-6,10,12-15H/t10-,12-/m0/s1. The van der Waals surface area contributed by atoms with Gasteiger partial charge in [-0.3, -0.25) is 0 Å². The quantitative estimate of drug-likeness (QED) is 0.606. The second-order valence-corrected chi connectivity index (χ2v) is 3.79. The van der Waals surface area contributed by atoms with Crippen molar-refractivity contribution < 1.29 is 10.2 Å². The number of aliphatic hydroxyl groups is 2. The van der Waals surface area contributed by atoms with Crippen LogP contribution in [0.15, 0.2) is 30.3 Å². The Kier molecular flexibility index (Phi) is 1.71. The smallest absolute Gasteiger partial charge is 0.124 e.